The summed E-state index contributed by atoms with van der Waals surface area (Å²) in [6.07, 6.45) is -6.52. The minimum absolute atomic E-state index is 0.0858. The molecule has 1 aromatic rings. The van der Waals surface area contributed by atoms with E-state index in [4.69, 9.17) is 5.11 Å². The predicted octanol–water partition coefficient (Wildman–Crippen LogP) is 3.54. The minimum atomic E-state index is -4.96. The molecule has 2 unspecified atom stereocenters. The van der Waals surface area contributed by atoms with E-state index in [0.717, 1.165) is 24.1 Å². The molecule has 5 nitrogen and oxygen atoms in total. The molecule has 0 radical (unpaired) electrons. The SMILES string of the molecule is CC1C(C(F)(F)F)=CC(C(F)(F)F)=CC1c1ncn(C=CC(=O)O)n1. The van der Waals surface area contributed by atoms with Crippen molar-refractivity contribution in [2.45, 2.75) is 25.2 Å². The Morgan fingerprint density at radius 3 is 2.40 bits per heavy atom. The Labute approximate surface area is 137 Å². The monoisotopic (exact) mass is 367 g/mol. The summed E-state index contributed by atoms with van der Waals surface area (Å²) in [7, 11) is 0. The van der Waals surface area contributed by atoms with Crippen molar-refractivity contribution < 1.29 is 36.2 Å². The van der Waals surface area contributed by atoms with Crippen molar-refractivity contribution in [2.75, 3.05) is 0 Å². The number of hydrogen-bond acceptors (Lipinski definition) is 3. The highest BCUT2D eigenvalue weighted by Crippen LogP contribution is 2.45. The molecule has 1 N–H and O–H groups in total. The van der Waals surface area contributed by atoms with E-state index in [1.165, 1.54) is 0 Å². The van der Waals surface area contributed by atoms with Crippen LogP contribution in [0.5, 0.6) is 0 Å². The highest BCUT2D eigenvalue weighted by Gasteiger charge is 2.46. The van der Waals surface area contributed by atoms with E-state index < -0.39 is 41.3 Å². The van der Waals surface area contributed by atoms with Gasteiger partial charge in [0, 0.05) is 23.8 Å². The van der Waals surface area contributed by atoms with E-state index in [0.29, 0.717) is 12.2 Å². The van der Waals surface area contributed by atoms with Gasteiger partial charge in [-0.3, -0.25) is 0 Å². The third kappa shape index (κ3) is 4.28. The van der Waals surface area contributed by atoms with Crippen molar-refractivity contribution in [1.82, 2.24) is 14.8 Å². The van der Waals surface area contributed by atoms with Crippen LogP contribution in [0.15, 0.2) is 35.7 Å². The lowest BCUT2D eigenvalue weighted by Crippen LogP contribution is -2.28. The molecule has 1 aromatic heterocycles. The summed E-state index contributed by atoms with van der Waals surface area (Å²) in [4.78, 5) is 14.1. The van der Waals surface area contributed by atoms with Gasteiger partial charge in [-0.05, 0) is 12.0 Å². The Hall–Kier alpha value is -2.59. The molecule has 0 amide bonds. The van der Waals surface area contributed by atoms with E-state index in [1.807, 2.05) is 0 Å². The van der Waals surface area contributed by atoms with Gasteiger partial charge in [0.25, 0.3) is 0 Å². The molecular weight excluding hydrogens is 356 g/mol. The van der Waals surface area contributed by atoms with Gasteiger partial charge in [0.15, 0.2) is 5.82 Å². The van der Waals surface area contributed by atoms with E-state index in [9.17, 15) is 31.1 Å². The van der Waals surface area contributed by atoms with Crippen molar-refractivity contribution in [1.29, 1.82) is 0 Å². The number of hydrogen-bond donors (Lipinski definition) is 1. The maximum Gasteiger partial charge on any atom is 0.416 e. The number of halogens is 6. The third-order valence-electron chi connectivity index (χ3n) is 3.55. The van der Waals surface area contributed by atoms with Gasteiger partial charge in [-0.1, -0.05) is 13.0 Å². The molecule has 0 aliphatic heterocycles. The summed E-state index contributed by atoms with van der Waals surface area (Å²) in [5.41, 5.74) is -2.76. The van der Waals surface area contributed by atoms with Crippen LogP contribution in [-0.2, 0) is 4.79 Å². The largest absolute Gasteiger partial charge is 0.478 e. The van der Waals surface area contributed by atoms with Gasteiger partial charge < -0.3 is 5.11 Å². The van der Waals surface area contributed by atoms with Crippen LogP contribution in [0.4, 0.5) is 26.3 Å². The Kier molecular flexibility index (Phi) is 4.78. The zero-order valence-corrected chi connectivity index (χ0v) is 12.5. The average molecular weight is 367 g/mol. The fraction of sp³-hybridized carbons (Fsp3) is 0.357. The summed E-state index contributed by atoms with van der Waals surface area (Å²) in [6.45, 7) is 1.13. The highest BCUT2D eigenvalue weighted by atomic mass is 19.4. The minimum Gasteiger partial charge on any atom is -0.478 e. The number of aromatic nitrogens is 3. The normalized spacial score (nSPS) is 22.0. The fourth-order valence-electron chi connectivity index (χ4n) is 2.35. The number of allylic oxidation sites excluding steroid dienone is 4. The number of carboxylic acids is 1. The highest BCUT2D eigenvalue weighted by molar-refractivity contribution is 5.82. The average Bonchev–Trinajstić information content (AvgIpc) is 2.91. The molecule has 1 aliphatic rings. The number of aliphatic carboxylic acids is 1. The van der Waals surface area contributed by atoms with Crippen LogP contribution in [0.3, 0.4) is 0 Å². The third-order valence-corrected chi connectivity index (χ3v) is 3.55. The second kappa shape index (κ2) is 6.37. The topological polar surface area (TPSA) is 68.0 Å². The molecule has 0 spiro atoms. The molecule has 136 valence electrons. The van der Waals surface area contributed by atoms with Crippen molar-refractivity contribution in [2.24, 2.45) is 5.92 Å². The Balaban J connectivity index is 2.45. The maximum absolute atomic E-state index is 13.1. The van der Waals surface area contributed by atoms with Crippen molar-refractivity contribution in [3.63, 3.8) is 0 Å². The molecule has 0 saturated carbocycles. The van der Waals surface area contributed by atoms with Crippen LogP contribution in [0.25, 0.3) is 6.20 Å². The van der Waals surface area contributed by atoms with E-state index in [-0.39, 0.29) is 11.9 Å². The van der Waals surface area contributed by atoms with Crippen LogP contribution in [-0.4, -0.2) is 38.2 Å². The standard InChI is InChI=1S/C14H11F6N3O2/c1-7-9(12-21-6-23(22-12)3-2-11(24)25)4-8(13(15,16)17)5-10(7)14(18,19)20/h2-7,9H,1H3,(H,24,25). The van der Waals surface area contributed by atoms with Crippen molar-refractivity contribution in [3.8, 4) is 0 Å². The second-order valence-electron chi connectivity index (χ2n) is 5.27. The molecule has 25 heavy (non-hydrogen) atoms. The summed E-state index contributed by atoms with van der Waals surface area (Å²) in [5, 5.41) is 12.2. The smallest absolute Gasteiger partial charge is 0.416 e. The first-order valence-corrected chi connectivity index (χ1v) is 6.79. The lowest BCUT2D eigenvalue weighted by Gasteiger charge is -2.28. The van der Waals surface area contributed by atoms with E-state index in [2.05, 4.69) is 10.1 Å². The zero-order valence-electron chi connectivity index (χ0n) is 12.5. The number of carboxylic acid groups (broad SMARTS) is 1. The van der Waals surface area contributed by atoms with E-state index in [1.54, 1.807) is 0 Å². The van der Waals surface area contributed by atoms with Crippen LogP contribution in [0.1, 0.15) is 18.7 Å². The van der Waals surface area contributed by atoms with Crippen LogP contribution in [0, 0.1) is 5.92 Å². The Morgan fingerprint density at radius 1 is 1.24 bits per heavy atom. The van der Waals surface area contributed by atoms with Gasteiger partial charge >= 0.3 is 18.3 Å². The molecule has 0 fully saturated rings. The lowest BCUT2D eigenvalue weighted by atomic mass is 9.80. The molecule has 11 heteroatoms. The summed E-state index contributed by atoms with van der Waals surface area (Å²) in [6, 6.07) is 0. The fourth-order valence-corrected chi connectivity index (χ4v) is 2.35. The van der Waals surface area contributed by atoms with Crippen LogP contribution in [0.2, 0.25) is 0 Å². The van der Waals surface area contributed by atoms with Gasteiger partial charge in [0.1, 0.15) is 6.33 Å². The van der Waals surface area contributed by atoms with Gasteiger partial charge in [-0.2, -0.15) is 31.4 Å². The molecule has 1 heterocycles. The summed E-state index contributed by atoms with van der Waals surface area (Å²) < 4.78 is 78.9. The van der Waals surface area contributed by atoms with Crippen molar-refractivity contribution >= 4 is 12.2 Å². The number of nitrogens with zero attached hydrogens (tertiary/aromatic N) is 3. The van der Waals surface area contributed by atoms with Gasteiger partial charge in [0.05, 0.1) is 5.57 Å². The summed E-state index contributed by atoms with van der Waals surface area (Å²) in [5.74, 6) is -4.29. The predicted molar refractivity (Wildman–Crippen MR) is 73.2 cm³/mol. The number of rotatable bonds is 3. The quantitative estimate of drug-likeness (QED) is 0.655. The number of alkyl halides is 6. The van der Waals surface area contributed by atoms with Crippen molar-refractivity contribution in [3.05, 3.63) is 41.5 Å². The molecule has 0 saturated heterocycles. The maximum atomic E-state index is 13.1. The Bertz CT molecular complexity index is 757. The van der Waals surface area contributed by atoms with Crippen LogP contribution >= 0.6 is 0 Å². The lowest BCUT2D eigenvalue weighted by molar-refractivity contribution is -0.131. The molecule has 2 rings (SSSR count). The molecule has 2 atom stereocenters. The van der Waals surface area contributed by atoms with Gasteiger partial charge in [-0.15, -0.1) is 0 Å². The molecular formula is C14H11F6N3O2. The van der Waals surface area contributed by atoms with Gasteiger partial charge in [0.2, 0.25) is 0 Å². The van der Waals surface area contributed by atoms with E-state index >= 15 is 0 Å². The second-order valence-corrected chi connectivity index (χ2v) is 5.27. The first-order chi connectivity index (χ1) is 11.4. The first kappa shape index (κ1) is 18.7. The molecule has 0 aromatic carbocycles. The van der Waals surface area contributed by atoms with Gasteiger partial charge in [-0.25, -0.2) is 14.5 Å². The zero-order chi connectivity index (χ0) is 19.0. The first-order valence-electron chi connectivity index (χ1n) is 6.79. The van der Waals surface area contributed by atoms with Crippen LogP contribution < -0.4 is 0 Å². The number of carbonyl (C=O) groups is 1. The summed E-state index contributed by atoms with van der Waals surface area (Å²) >= 11 is 0. The molecule has 0 bridgehead atoms. The Morgan fingerprint density at radius 2 is 1.88 bits per heavy atom. The molecule has 1 aliphatic carbocycles.